The summed E-state index contributed by atoms with van der Waals surface area (Å²) in [5, 5.41) is 10.9. The molecule has 3 heterocycles. The molecule has 6 nitrogen and oxygen atoms in total. The fourth-order valence-electron chi connectivity index (χ4n) is 3.45. The average molecular weight is 371 g/mol. The molecule has 4 rings (SSSR count). The number of benzene rings is 1. The van der Waals surface area contributed by atoms with Crippen LogP contribution in [0.3, 0.4) is 0 Å². The Morgan fingerprint density at radius 3 is 3.08 bits per heavy atom. The second-order valence-corrected chi connectivity index (χ2v) is 7.23. The molecule has 0 bridgehead atoms. The van der Waals surface area contributed by atoms with E-state index in [4.69, 9.17) is 22.3 Å². The second kappa shape index (κ2) is 7.51. The van der Waals surface area contributed by atoms with Gasteiger partial charge in [0.25, 0.3) is 0 Å². The summed E-state index contributed by atoms with van der Waals surface area (Å²) < 4.78 is 0. The molecule has 5 N–H and O–H groups in total. The Labute approximate surface area is 158 Å². The first-order valence-electron chi connectivity index (χ1n) is 9.00. The molecular formula is C19H23ClN6. The van der Waals surface area contributed by atoms with E-state index >= 15 is 0 Å². The normalized spacial score (nSPS) is 24.7. The molecule has 1 aromatic carbocycles. The van der Waals surface area contributed by atoms with Crippen molar-refractivity contribution in [2.75, 3.05) is 25.4 Å². The highest BCUT2D eigenvalue weighted by molar-refractivity contribution is 6.33. The van der Waals surface area contributed by atoms with Gasteiger partial charge in [0, 0.05) is 24.5 Å². The maximum atomic E-state index is 6.19. The highest BCUT2D eigenvalue weighted by atomic mass is 35.5. The molecule has 0 amide bonds. The van der Waals surface area contributed by atoms with Crippen molar-refractivity contribution in [1.29, 1.82) is 0 Å². The molecular weight excluding hydrogens is 348 g/mol. The maximum Gasteiger partial charge on any atom is 0.131 e. The van der Waals surface area contributed by atoms with E-state index in [0.29, 0.717) is 16.6 Å². The van der Waals surface area contributed by atoms with Crippen molar-refractivity contribution < 1.29 is 0 Å². The third-order valence-electron chi connectivity index (χ3n) is 4.92. The minimum absolute atomic E-state index is 0.0375. The predicted octanol–water partition coefficient (Wildman–Crippen LogP) is 2.15. The predicted molar refractivity (Wildman–Crippen MR) is 108 cm³/mol. The van der Waals surface area contributed by atoms with Crippen LogP contribution in [0.25, 0.3) is 5.70 Å². The summed E-state index contributed by atoms with van der Waals surface area (Å²) in [6, 6.07) is 5.56. The first kappa shape index (κ1) is 17.1. The van der Waals surface area contributed by atoms with Gasteiger partial charge < -0.3 is 21.7 Å². The van der Waals surface area contributed by atoms with Crippen molar-refractivity contribution in [2.45, 2.75) is 18.9 Å². The summed E-state index contributed by atoms with van der Waals surface area (Å²) in [5.41, 5.74) is 9.10. The van der Waals surface area contributed by atoms with Crippen LogP contribution in [-0.4, -0.2) is 37.2 Å². The van der Waals surface area contributed by atoms with Crippen molar-refractivity contribution in [3.05, 3.63) is 47.3 Å². The van der Waals surface area contributed by atoms with Crippen LogP contribution in [0.5, 0.6) is 0 Å². The van der Waals surface area contributed by atoms with Crippen LogP contribution in [0.1, 0.15) is 18.4 Å². The van der Waals surface area contributed by atoms with Crippen LogP contribution in [0, 0.1) is 5.92 Å². The summed E-state index contributed by atoms with van der Waals surface area (Å²) >= 11 is 6.19. The van der Waals surface area contributed by atoms with Crippen LogP contribution >= 0.6 is 11.6 Å². The Bertz CT molecular complexity index is 804. The van der Waals surface area contributed by atoms with E-state index in [9.17, 15) is 0 Å². The van der Waals surface area contributed by atoms with Crippen molar-refractivity contribution in [1.82, 2.24) is 16.0 Å². The van der Waals surface area contributed by atoms with E-state index in [1.54, 1.807) is 6.20 Å². The number of hydrogen-bond donors (Lipinski definition) is 4. The van der Waals surface area contributed by atoms with E-state index in [1.807, 2.05) is 30.5 Å². The number of fused-ring (bicyclic) bond motifs is 1. The smallest absolute Gasteiger partial charge is 0.131 e. The fourth-order valence-corrected chi connectivity index (χ4v) is 3.63. The number of rotatable bonds is 3. The summed E-state index contributed by atoms with van der Waals surface area (Å²) in [5.74, 6) is 1.51. The molecule has 2 atom stereocenters. The Morgan fingerprint density at radius 2 is 2.27 bits per heavy atom. The van der Waals surface area contributed by atoms with Crippen LogP contribution in [0.2, 0.25) is 5.02 Å². The van der Waals surface area contributed by atoms with Crippen molar-refractivity contribution in [3.8, 4) is 0 Å². The van der Waals surface area contributed by atoms with Gasteiger partial charge in [-0.2, -0.15) is 0 Å². The summed E-state index contributed by atoms with van der Waals surface area (Å²) in [4.78, 5) is 9.38. The van der Waals surface area contributed by atoms with Gasteiger partial charge in [0.2, 0.25) is 0 Å². The third-order valence-corrected chi connectivity index (χ3v) is 5.25. The largest absolute Gasteiger partial charge is 0.398 e. The topological polar surface area (TPSA) is 86.8 Å². The van der Waals surface area contributed by atoms with Gasteiger partial charge in [-0.3, -0.25) is 4.99 Å². The third kappa shape index (κ3) is 3.61. The van der Waals surface area contributed by atoms with Gasteiger partial charge in [-0.1, -0.05) is 17.7 Å². The number of nitrogen functional groups attached to an aromatic ring is 1. The monoisotopic (exact) mass is 370 g/mol. The number of nitrogens with zero attached hydrogens (tertiary/aromatic N) is 2. The van der Waals surface area contributed by atoms with E-state index in [-0.39, 0.29) is 6.04 Å². The molecule has 0 aromatic heterocycles. The SMILES string of the molecule is Nc1ccc(C2=CC3=NC=CNC3C(NC[C@H]3CCCNC3)=N2)cc1Cl. The first-order chi connectivity index (χ1) is 12.7. The Morgan fingerprint density at radius 1 is 1.35 bits per heavy atom. The van der Waals surface area contributed by atoms with Gasteiger partial charge in [0.1, 0.15) is 11.9 Å². The molecule has 0 saturated carbocycles. The summed E-state index contributed by atoms with van der Waals surface area (Å²) in [7, 11) is 0. The number of amidine groups is 1. The van der Waals surface area contributed by atoms with Gasteiger partial charge >= 0.3 is 0 Å². The summed E-state index contributed by atoms with van der Waals surface area (Å²) in [6.45, 7) is 3.07. The van der Waals surface area contributed by atoms with Gasteiger partial charge in [-0.05, 0) is 50.1 Å². The van der Waals surface area contributed by atoms with E-state index in [1.165, 1.54) is 12.8 Å². The Hall–Kier alpha value is -2.31. The van der Waals surface area contributed by atoms with Crippen LogP contribution in [-0.2, 0) is 0 Å². The second-order valence-electron chi connectivity index (χ2n) is 6.83. The van der Waals surface area contributed by atoms with E-state index in [0.717, 1.165) is 42.4 Å². The molecule has 0 radical (unpaired) electrons. The first-order valence-corrected chi connectivity index (χ1v) is 9.37. The van der Waals surface area contributed by atoms with E-state index in [2.05, 4.69) is 20.9 Å². The minimum atomic E-state index is -0.0375. The number of piperidine rings is 1. The van der Waals surface area contributed by atoms with Crippen LogP contribution in [0.4, 0.5) is 5.69 Å². The van der Waals surface area contributed by atoms with Crippen LogP contribution < -0.4 is 21.7 Å². The van der Waals surface area contributed by atoms with Crippen molar-refractivity contribution >= 4 is 34.5 Å². The zero-order valence-corrected chi connectivity index (χ0v) is 15.3. The van der Waals surface area contributed by atoms with Crippen molar-refractivity contribution in [3.63, 3.8) is 0 Å². The molecule has 7 heteroatoms. The van der Waals surface area contributed by atoms with E-state index < -0.39 is 0 Å². The number of nitrogens with one attached hydrogen (secondary N) is 3. The molecule has 0 spiro atoms. The lowest BCUT2D eigenvalue weighted by atomic mass is 9.98. The number of halogens is 1. The average Bonchev–Trinajstić information content (AvgIpc) is 2.69. The zero-order chi connectivity index (χ0) is 17.9. The molecule has 1 unspecified atom stereocenters. The fraction of sp³-hybridized carbons (Fsp3) is 0.368. The molecule has 1 aromatic rings. The Balaban J connectivity index is 1.59. The highest BCUT2D eigenvalue weighted by Gasteiger charge is 2.27. The zero-order valence-electron chi connectivity index (χ0n) is 14.5. The molecule has 3 aliphatic heterocycles. The molecule has 0 aliphatic carbocycles. The number of nitrogens with two attached hydrogens (primary N) is 1. The molecule has 3 aliphatic rings. The van der Waals surface area contributed by atoms with Crippen LogP contribution in [0.15, 0.2) is 46.7 Å². The van der Waals surface area contributed by atoms with Crippen molar-refractivity contribution in [2.24, 2.45) is 15.9 Å². The van der Waals surface area contributed by atoms with Gasteiger partial charge in [-0.25, -0.2) is 4.99 Å². The lowest BCUT2D eigenvalue weighted by Crippen LogP contribution is -2.51. The maximum absolute atomic E-state index is 6.19. The van der Waals surface area contributed by atoms with Gasteiger partial charge in [-0.15, -0.1) is 0 Å². The summed E-state index contributed by atoms with van der Waals surface area (Å²) in [6.07, 6.45) is 8.08. The van der Waals surface area contributed by atoms with Gasteiger partial charge in [0.05, 0.1) is 22.1 Å². The standard InChI is InChI=1S/C19H23ClN6/c20-14-8-13(3-4-15(14)21)16-9-17-18(24-7-6-23-17)19(26-16)25-11-12-2-1-5-22-10-12/h3-4,6-9,12,18,22,24H,1-2,5,10-11,21H2,(H,25,26)/t12-,18?/m0/s1. The Kier molecular flexibility index (Phi) is 4.95. The lowest BCUT2D eigenvalue weighted by molar-refractivity contribution is 0.375. The molecule has 1 fully saturated rings. The quantitative estimate of drug-likeness (QED) is 0.614. The highest BCUT2D eigenvalue weighted by Crippen LogP contribution is 2.27. The molecule has 1 saturated heterocycles. The molecule has 26 heavy (non-hydrogen) atoms. The number of aliphatic imine (C=N–C) groups is 2. The lowest BCUT2D eigenvalue weighted by Gasteiger charge is -2.29. The molecule has 136 valence electrons. The van der Waals surface area contributed by atoms with Gasteiger partial charge in [0.15, 0.2) is 0 Å². The number of hydrogen-bond acceptors (Lipinski definition) is 6. The minimum Gasteiger partial charge on any atom is -0.398 e. The number of anilines is 1.